The van der Waals surface area contributed by atoms with Gasteiger partial charge in [-0.2, -0.15) is 0 Å². The molecule has 0 bridgehead atoms. The van der Waals surface area contributed by atoms with E-state index in [1.807, 2.05) is 32.0 Å². The summed E-state index contributed by atoms with van der Waals surface area (Å²) in [6.07, 6.45) is 3.29. The normalized spacial score (nSPS) is 17.2. The van der Waals surface area contributed by atoms with Gasteiger partial charge in [-0.3, -0.25) is 9.59 Å². The third-order valence-corrected chi connectivity index (χ3v) is 4.82. The standard InChI is InChI=1S/C18H25BrN2O3/c1-3-7-18(24,8-4-2)11-16(22)20-15-9-12-5-6-13(19)10-14(12)21-17(15)23/h5-6,10,15,24H,3-4,7-9,11H2,1-2H3,(H,20,22)(H,21,23). The second kappa shape index (κ2) is 8.12. The van der Waals surface area contributed by atoms with Gasteiger partial charge in [0.2, 0.25) is 11.8 Å². The lowest BCUT2D eigenvalue weighted by molar-refractivity contribution is -0.130. The number of benzene rings is 1. The third-order valence-electron chi connectivity index (χ3n) is 4.33. The van der Waals surface area contributed by atoms with Gasteiger partial charge >= 0.3 is 0 Å². The quantitative estimate of drug-likeness (QED) is 0.662. The van der Waals surface area contributed by atoms with Crippen molar-refractivity contribution in [3.8, 4) is 0 Å². The molecule has 1 aliphatic rings. The van der Waals surface area contributed by atoms with Crippen molar-refractivity contribution in [2.24, 2.45) is 0 Å². The van der Waals surface area contributed by atoms with E-state index in [0.29, 0.717) is 19.3 Å². The highest BCUT2D eigenvalue weighted by molar-refractivity contribution is 9.10. The van der Waals surface area contributed by atoms with E-state index in [4.69, 9.17) is 0 Å². The molecule has 1 heterocycles. The fourth-order valence-corrected chi connectivity index (χ4v) is 3.63. The number of aliphatic hydroxyl groups is 1. The molecule has 0 saturated heterocycles. The molecule has 0 aromatic heterocycles. The number of carbonyl (C=O) groups excluding carboxylic acids is 2. The number of fused-ring (bicyclic) bond motifs is 1. The summed E-state index contributed by atoms with van der Waals surface area (Å²) < 4.78 is 0.897. The molecule has 6 heteroatoms. The Morgan fingerprint density at radius 3 is 2.67 bits per heavy atom. The zero-order chi connectivity index (χ0) is 17.7. The van der Waals surface area contributed by atoms with Gasteiger partial charge in [0, 0.05) is 16.6 Å². The van der Waals surface area contributed by atoms with Crippen LogP contribution in [0.15, 0.2) is 22.7 Å². The lowest BCUT2D eigenvalue weighted by Gasteiger charge is -2.29. The van der Waals surface area contributed by atoms with E-state index in [1.54, 1.807) is 0 Å². The summed E-state index contributed by atoms with van der Waals surface area (Å²) in [5, 5.41) is 16.2. The average molecular weight is 397 g/mol. The minimum absolute atomic E-state index is 0.0334. The SMILES string of the molecule is CCCC(O)(CCC)CC(=O)NC1Cc2ccc(Br)cc2NC1=O. The summed E-state index contributed by atoms with van der Waals surface area (Å²) in [7, 11) is 0. The molecule has 1 atom stereocenters. The van der Waals surface area contributed by atoms with Crippen LogP contribution >= 0.6 is 15.9 Å². The van der Waals surface area contributed by atoms with Crippen LogP contribution in [-0.2, 0) is 16.0 Å². The minimum atomic E-state index is -0.985. The van der Waals surface area contributed by atoms with Crippen molar-refractivity contribution in [3.63, 3.8) is 0 Å². The van der Waals surface area contributed by atoms with Crippen LogP contribution in [0.4, 0.5) is 5.69 Å². The van der Waals surface area contributed by atoms with E-state index in [2.05, 4.69) is 26.6 Å². The van der Waals surface area contributed by atoms with Crippen molar-refractivity contribution in [3.05, 3.63) is 28.2 Å². The summed E-state index contributed by atoms with van der Waals surface area (Å²) in [5.41, 5.74) is 0.774. The largest absolute Gasteiger partial charge is 0.389 e. The first kappa shape index (κ1) is 18.9. The van der Waals surface area contributed by atoms with Gasteiger partial charge in [0.25, 0.3) is 0 Å². The van der Waals surface area contributed by atoms with Crippen molar-refractivity contribution in [1.82, 2.24) is 5.32 Å². The fraction of sp³-hybridized carbons (Fsp3) is 0.556. The maximum absolute atomic E-state index is 12.3. The van der Waals surface area contributed by atoms with Crippen molar-refractivity contribution >= 4 is 33.4 Å². The number of carbonyl (C=O) groups is 2. The molecule has 2 amide bonds. The van der Waals surface area contributed by atoms with Gasteiger partial charge in [0.15, 0.2) is 0 Å². The zero-order valence-electron chi connectivity index (χ0n) is 14.2. The number of nitrogens with one attached hydrogen (secondary N) is 2. The minimum Gasteiger partial charge on any atom is -0.389 e. The molecular weight excluding hydrogens is 372 g/mol. The second-order valence-electron chi connectivity index (χ2n) is 6.52. The lowest BCUT2D eigenvalue weighted by atomic mass is 9.88. The first-order valence-corrected chi connectivity index (χ1v) is 9.27. The van der Waals surface area contributed by atoms with Crippen LogP contribution in [0.25, 0.3) is 0 Å². The van der Waals surface area contributed by atoms with Crippen LogP contribution in [0, 0.1) is 0 Å². The van der Waals surface area contributed by atoms with Crippen molar-refractivity contribution in [2.75, 3.05) is 5.32 Å². The molecule has 1 aromatic rings. The molecule has 0 spiro atoms. The van der Waals surface area contributed by atoms with Crippen LogP contribution < -0.4 is 10.6 Å². The molecule has 0 saturated carbocycles. The van der Waals surface area contributed by atoms with E-state index in [9.17, 15) is 14.7 Å². The molecule has 1 aromatic carbocycles. The zero-order valence-corrected chi connectivity index (χ0v) is 15.8. The second-order valence-corrected chi connectivity index (χ2v) is 7.43. The number of halogens is 1. The van der Waals surface area contributed by atoms with Gasteiger partial charge in [-0.1, -0.05) is 48.7 Å². The van der Waals surface area contributed by atoms with Crippen LogP contribution in [0.1, 0.15) is 51.5 Å². The van der Waals surface area contributed by atoms with Crippen molar-refractivity contribution in [2.45, 2.75) is 64.0 Å². The van der Waals surface area contributed by atoms with Gasteiger partial charge in [-0.25, -0.2) is 0 Å². The number of amides is 2. The van der Waals surface area contributed by atoms with Crippen LogP contribution in [0.5, 0.6) is 0 Å². The number of hydrogen-bond acceptors (Lipinski definition) is 3. The Labute approximate surface area is 151 Å². The smallest absolute Gasteiger partial charge is 0.247 e. The predicted octanol–water partition coefficient (Wildman–Crippen LogP) is 3.15. The molecule has 3 N–H and O–H groups in total. The number of rotatable bonds is 7. The van der Waals surface area contributed by atoms with Crippen LogP contribution in [0.3, 0.4) is 0 Å². The van der Waals surface area contributed by atoms with Gasteiger partial charge in [-0.15, -0.1) is 0 Å². The highest BCUT2D eigenvalue weighted by Gasteiger charge is 2.32. The highest BCUT2D eigenvalue weighted by Crippen LogP contribution is 2.27. The van der Waals surface area contributed by atoms with Gasteiger partial charge in [0.05, 0.1) is 12.0 Å². The molecule has 1 unspecified atom stereocenters. The topological polar surface area (TPSA) is 78.4 Å². The summed E-state index contributed by atoms with van der Waals surface area (Å²) >= 11 is 3.38. The van der Waals surface area contributed by atoms with E-state index >= 15 is 0 Å². The first-order valence-electron chi connectivity index (χ1n) is 8.48. The summed E-state index contributed by atoms with van der Waals surface area (Å²) in [4.78, 5) is 24.5. The molecule has 24 heavy (non-hydrogen) atoms. The van der Waals surface area contributed by atoms with E-state index in [1.165, 1.54) is 0 Å². The Morgan fingerprint density at radius 1 is 1.38 bits per heavy atom. The van der Waals surface area contributed by atoms with Gasteiger partial charge in [-0.05, 0) is 30.5 Å². The predicted molar refractivity (Wildman–Crippen MR) is 97.8 cm³/mol. The molecule has 1 aliphatic heterocycles. The van der Waals surface area contributed by atoms with Crippen LogP contribution in [0.2, 0.25) is 0 Å². The summed E-state index contributed by atoms with van der Waals surface area (Å²) in [5.74, 6) is -0.497. The molecule has 0 aliphatic carbocycles. The maximum Gasteiger partial charge on any atom is 0.247 e. The molecule has 0 radical (unpaired) electrons. The Kier molecular flexibility index (Phi) is 6.40. The fourth-order valence-electron chi connectivity index (χ4n) is 3.27. The first-order chi connectivity index (χ1) is 11.4. The summed E-state index contributed by atoms with van der Waals surface area (Å²) in [6, 6.07) is 5.10. The average Bonchev–Trinajstić information content (AvgIpc) is 2.48. The molecule has 0 fully saturated rings. The Balaban J connectivity index is 2.01. The molecule has 132 valence electrons. The van der Waals surface area contributed by atoms with Crippen LogP contribution in [-0.4, -0.2) is 28.6 Å². The van der Waals surface area contributed by atoms with Crippen molar-refractivity contribution < 1.29 is 14.7 Å². The summed E-state index contributed by atoms with van der Waals surface area (Å²) in [6.45, 7) is 3.98. The molecule has 5 nitrogen and oxygen atoms in total. The van der Waals surface area contributed by atoms with E-state index < -0.39 is 11.6 Å². The van der Waals surface area contributed by atoms with E-state index in [-0.39, 0.29) is 18.2 Å². The van der Waals surface area contributed by atoms with E-state index in [0.717, 1.165) is 28.6 Å². The highest BCUT2D eigenvalue weighted by atomic mass is 79.9. The Hall–Kier alpha value is -1.40. The maximum atomic E-state index is 12.3. The number of anilines is 1. The Bertz CT molecular complexity index is 612. The molecular formula is C18H25BrN2O3. The lowest BCUT2D eigenvalue weighted by Crippen LogP contribution is -2.49. The monoisotopic (exact) mass is 396 g/mol. The number of hydrogen-bond donors (Lipinski definition) is 3. The van der Waals surface area contributed by atoms with Gasteiger partial charge < -0.3 is 15.7 Å². The Morgan fingerprint density at radius 2 is 2.04 bits per heavy atom. The molecule has 2 rings (SSSR count). The van der Waals surface area contributed by atoms with Crippen molar-refractivity contribution in [1.29, 1.82) is 0 Å². The van der Waals surface area contributed by atoms with Gasteiger partial charge in [0.1, 0.15) is 6.04 Å². The third kappa shape index (κ3) is 4.80.